The second-order valence-corrected chi connectivity index (χ2v) is 5.33. The van der Waals surface area contributed by atoms with Crippen LogP contribution in [0.25, 0.3) is 11.0 Å². The van der Waals surface area contributed by atoms with Gasteiger partial charge < -0.3 is 4.57 Å². The van der Waals surface area contributed by atoms with Crippen molar-refractivity contribution in [3.05, 3.63) is 66.0 Å². The average molecular weight is 280 g/mol. The Morgan fingerprint density at radius 2 is 1.76 bits per heavy atom. The van der Waals surface area contributed by atoms with Crippen LogP contribution >= 0.6 is 0 Å². The summed E-state index contributed by atoms with van der Waals surface area (Å²) >= 11 is 0. The first-order valence-electron chi connectivity index (χ1n) is 7.18. The van der Waals surface area contributed by atoms with Crippen molar-refractivity contribution in [3.8, 4) is 0 Å². The lowest BCUT2D eigenvalue weighted by molar-refractivity contribution is 0.506. The summed E-state index contributed by atoms with van der Waals surface area (Å²) in [6.45, 7) is 0. The van der Waals surface area contributed by atoms with Gasteiger partial charge in [-0.2, -0.15) is 0 Å². The monoisotopic (exact) mass is 280 g/mol. The molecule has 1 atom stereocenters. The highest BCUT2D eigenvalue weighted by Gasteiger charge is 2.14. The molecule has 0 aliphatic rings. The lowest BCUT2D eigenvalue weighted by Gasteiger charge is -2.15. The first kappa shape index (κ1) is 13.8. The fourth-order valence-electron chi connectivity index (χ4n) is 2.69. The van der Waals surface area contributed by atoms with Crippen LogP contribution in [-0.4, -0.2) is 15.6 Å². The maximum atomic E-state index is 5.73. The molecule has 0 amide bonds. The van der Waals surface area contributed by atoms with Crippen LogP contribution in [0.4, 0.5) is 0 Å². The van der Waals surface area contributed by atoms with Gasteiger partial charge in [0, 0.05) is 19.5 Å². The predicted octanol–water partition coefficient (Wildman–Crippen LogP) is 2.19. The average Bonchev–Trinajstić information content (AvgIpc) is 2.84. The summed E-state index contributed by atoms with van der Waals surface area (Å²) in [5.41, 5.74) is 6.38. The van der Waals surface area contributed by atoms with Gasteiger partial charge in [-0.3, -0.25) is 11.3 Å². The molecule has 4 heteroatoms. The standard InChI is InChI=1S/C17H20N4/c1-21-16-10-6-5-9-15(16)19-17(21)12-14(20-18)11-13-7-3-2-4-8-13/h2-10,14,20H,11-12,18H2,1H3. The topological polar surface area (TPSA) is 55.9 Å². The largest absolute Gasteiger partial charge is 0.331 e. The minimum atomic E-state index is 0.169. The predicted molar refractivity (Wildman–Crippen MR) is 85.7 cm³/mol. The highest BCUT2D eigenvalue weighted by molar-refractivity contribution is 5.75. The lowest BCUT2D eigenvalue weighted by atomic mass is 10.0. The molecule has 1 heterocycles. The van der Waals surface area contributed by atoms with Gasteiger partial charge in [-0.15, -0.1) is 0 Å². The molecular formula is C17H20N4. The third kappa shape index (κ3) is 2.96. The Hall–Kier alpha value is -2.17. The van der Waals surface area contributed by atoms with Crippen LogP contribution in [0.3, 0.4) is 0 Å². The van der Waals surface area contributed by atoms with Gasteiger partial charge in [0.2, 0.25) is 0 Å². The van der Waals surface area contributed by atoms with Crippen LogP contribution in [0.5, 0.6) is 0 Å². The quantitative estimate of drug-likeness (QED) is 0.556. The number of fused-ring (bicyclic) bond motifs is 1. The Morgan fingerprint density at radius 3 is 2.48 bits per heavy atom. The van der Waals surface area contributed by atoms with E-state index in [-0.39, 0.29) is 6.04 Å². The summed E-state index contributed by atoms with van der Waals surface area (Å²) in [6, 6.07) is 18.7. The number of hydrogen-bond acceptors (Lipinski definition) is 3. The fraction of sp³-hybridized carbons (Fsp3) is 0.235. The number of hydrogen-bond donors (Lipinski definition) is 2. The minimum absolute atomic E-state index is 0.169. The summed E-state index contributed by atoms with van der Waals surface area (Å²) in [7, 11) is 2.06. The van der Waals surface area contributed by atoms with E-state index in [4.69, 9.17) is 10.8 Å². The van der Waals surface area contributed by atoms with Crippen molar-refractivity contribution in [1.29, 1.82) is 0 Å². The summed E-state index contributed by atoms with van der Waals surface area (Å²) < 4.78 is 2.14. The number of nitrogens with two attached hydrogens (primary N) is 1. The molecule has 0 saturated carbocycles. The van der Waals surface area contributed by atoms with Crippen molar-refractivity contribution in [2.45, 2.75) is 18.9 Å². The molecule has 3 rings (SSSR count). The molecule has 0 spiro atoms. The number of para-hydroxylation sites is 2. The van der Waals surface area contributed by atoms with E-state index in [1.165, 1.54) is 5.56 Å². The van der Waals surface area contributed by atoms with Gasteiger partial charge in [-0.05, 0) is 24.1 Å². The zero-order valence-corrected chi connectivity index (χ0v) is 12.2. The molecule has 3 aromatic rings. The van der Waals surface area contributed by atoms with Crippen LogP contribution in [0.1, 0.15) is 11.4 Å². The molecule has 21 heavy (non-hydrogen) atoms. The summed E-state index contributed by atoms with van der Waals surface area (Å²) in [5.74, 6) is 6.78. The number of imidazole rings is 1. The number of rotatable bonds is 5. The molecule has 1 unspecified atom stereocenters. The molecule has 0 saturated heterocycles. The Kier molecular flexibility index (Phi) is 3.99. The third-order valence-electron chi connectivity index (χ3n) is 3.87. The Bertz CT molecular complexity index is 718. The lowest BCUT2D eigenvalue weighted by Crippen LogP contribution is -2.39. The zero-order valence-electron chi connectivity index (χ0n) is 12.2. The first-order chi connectivity index (χ1) is 10.3. The van der Waals surface area contributed by atoms with Gasteiger partial charge in [0.05, 0.1) is 11.0 Å². The van der Waals surface area contributed by atoms with E-state index < -0.39 is 0 Å². The molecule has 2 aromatic carbocycles. The molecule has 0 radical (unpaired) electrons. The highest BCUT2D eigenvalue weighted by Crippen LogP contribution is 2.16. The van der Waals surface area contributed by atoms with Crippen molar-refractivity contribution in [3.63, 3.8) is 0 Å². The number of hydrazine groups is 1. The highest BCUT2D eigenvalue weighted by atomic mass is 15.2. The third-order valence-corrected chi connectivity index (χ3v) is 3.87. The fourth-order valence-corrected chi connectivity index (χ4v) is 2.69. The van der Waals surface area contributed by atoms with Gasteiger partial charge in [0.15, 0.2) is 0 Å². The van der Waals surface area contributed by atoms with Crippen LogP contribution in [0.2, 0.25) is 0 Å². The van der Waals surface area contributed by atoms with Crippen LogP contribution in [-0.2, 0) is 19.9 Å². The first-order valence-corrected chi connectivity index (χ1v) is 7.18. The molecule has 3 N–H and O–H groups in total. The van der Waals surface area contributed by atoms with Crippen molar-refractivity contribution < 1.29 is 0 Å². The summed E-state index contributed by atoms with van der Waals surface area (Å²) in [5, 5.41) is 0. The SMILES string of the molecule is Cn1c(CC(Cc2ccccc2)NN)nc2ccccc21. The van der Waals surface area contributed by atoms with E-state index in [9.17, 15) is 0 Å². The van der Waals surface area contributed by atoms with Crippen molar-refractivity contribution >= 4 is 11.0 Å². The zero-order chi connectivity index (χ0) is 14.7. The minimum Gasteiger partial charge on any atom is -0.331 e. The van der Waals surface area contributed by atoms with E-state index in [0.29, 0.717) is 0 Å². The Morgan fingerprint density at radius 1 is 1.05 bits per heavy atom. The van der Waals surface area contributed by atoms with E-state index in [1.807, 2.05) is 24.3 Å². The summed E-state index contributed by atoms with van der Waals surface area (Å²) in [4.78, 5) is 4.71. The second kappa shape index (κ2) is 6.08. The molecular weight excluding hydrogens is 260 g/mol. The normalized spacial score (nSPS) is 12.7. The molecule has 1 aromatic heterocycles. The van der Waals surface area contributed by atoms with E-state index in [1.54, 1.807) is 0 Å². The van der Waals surface area contributed by atoms with Crippen LogP contribution < -0.4 is 11.3 Å². The maximum absolute atomic E-state index is 5.73. The number of nitrogens with zero attached hydrogens (tertiary/aromatic N) is 2. The van der Waals surface area contributed by atoms with Gasteiger partial charge >= 0.3 is 0 Å². The number of aryl methyl sites for hydroxylation is 1. The van der Waals surface area contributed by atoms with E-state index >= 15 is 0 Å². The van der Waals surface area contributed by atoms with E-state index in [0.717, 1.165) is 29.7 Å². The number of aromatic nitrogens is 2. The molecule has 0 aliphatic heterocycles. The van der Waals surface area contributed by atoms with E-state index in [2.05, 4.69) is 47.4 Å². The van der Waals surface area contributed by atoms with Crippen molar-refractivity contribution in [2.75, 3.05) is 0 Å². The maximum Gasteiger partial charge on any atom is 0.111 e. The molecule has 0 bridgehead atoms. The number of nitrogens with one attached hydrogen (secondary N) is 1. The van der Waals surface area contributed by atoms with Gasteiger partial charge in [0.1, 0.15) is 5.82 Å². The van der Waals surface area contributed by atoms with Crippen molar-refractivity contribution in [1.82, 2.24) is 15.0 Å². The Balaban J connectivity index is 1.81. The van der Waals surface area contributed by atoms with Crippen molar-refractivity contribution in [2.24, 2.45) is 12.9 Å². The van der Waals surface area contributed by atoms with Gasteiger partial charge in [-0.1, -0.05) is 42.5 Å². The summed E-state index contributed by atoms with van der Waals surface area (Å²) in [6.07, 6.45) is 1.69. The Labute approximate surface area is 124 Å². The molecule has 0 aliphatic carbocycles. The van der Waals surface area contributed by atoms with Gasteiger partial charge in [-0.25, -0.2) is 4.98 Å². The number of benzene rings is 2. The van der Waals surface area contributed by atoms with Crippen LogP contribution in [0, 0.1) is 0 Å². The van der Waals surface area contributed by atoms with Crippen LogP contribution in [0.15, 0.2) is 54.6 Å². The molecule has 0 fully saturated rings. The smallest absolute Gasteiger partial charge is 0.111 e. The molecule has 108 valence electrons. The van der Waals surface area contributed by atoms with Gasteiger partial charge in [0.25, 0.3) is 0 Å². The molecule has 4 nitrogen and oxygen atoms in total. The second-order valence-electron chi connectivity index (χ2n) is 5.33.